The van der Waals surface area contributed by atoms with Gasteiger partial charge in [0, 0.05) is 35.3 Å². The fourth-order valence-electron chi connectivity index (χ4n) is 3.51. The van der Waals surface area contributed by atoms with E-state index in [1.807, 2.05) is 13.1 Å². The van der Waals surface area contributed by atoms with Crippen LogP contribution in [0.1, 0.15) is 49.4 Å². The van der Waals surface area contributed by atoms with Gasteiger partial charge in [-0.2, -0.15) is 0 Å². The van der Waals surface area contributed by atoms with Crippen molar-refractivity contribution >= 4 is 11.6 Å². The van der Waals surface area contributed by atoms with Crippen molar-refractivity contribution in [3.63, 3.8) is 0 Å². The van der Waals surface area contributed by atoms with Crippen molar-refractivity contribution in [2.45, 2.75) is 58.5 Å². The number of halogens is 1. The van der Waals surface area contributed by atoms with Crippen LogP contribution < -0.4 is 10.1 Å². The van der Waals surface area contributed by atoms with E-state index in [0.29, 0.717) is 5.88 Å². The Bertz CT molecular complexity index is 492. The van der Waals surface area contributed by atoms with E-state index in [0.717, 1.165) is 47.9 Å². The van der Waals surface area contributed by atoms with Crippen LogP contribution in [0.2, 0.25) is 0 Å². The van der Waals surface area contributed by atoms with Crippen LogP contribution in [0.5, 0.6) is 5.75 Å². The van der Waals surface area contributed by atoms with Gasteiger partial charge in [0.25, 0.3) is 0 Å². The molecule has 4 heteroatoms. The molecule has 1 aliphatic carbocycles. The number of ether oxygens (including phenoxy) is 1. The first kappa shape index (κ1) is 16.6. The molecule has 0 bridgehead atoms. The van der Waals surface area contributed by atoms with Gasteiger partial charge in [-0.1, -0.05) is 19.8 Å². The van der Waals surface area contributed by atoms with Crippen molar-refractivity contribution in [1.82, 2.24) is 10.3 Å². The molecule has 1 saturated carbocycles. The highest BCUT2D eigenvalue weighted by Crippen LogP contribution is 2.34. The van der Waals surface area contributed by atoms with E-state index in [1.165, 1.54) is 12.8 Å². The molecule has 21 heavy (non-hydrogen) atoms. The van der Waals surface area contributed by atoms with Crippen molar-refractivity contribution in [3.05, 3.63) is 23.0 Å². The molecule has 0 saturated heterocycles. The summed E-state index contributed by atoms with van der Waals surface area (Å²) < 4.78 is 5.48. The molecule has 1 heterocycles. The maximum absolute atomic E-state index is 6.28. The number of hydrogen-bond acceptors (Lipinski definition) is 3. The van der Waals surface area contributed by atoms with E-state index >= 15 is 0 Å². The fourth-order valence-corrected chi connectivity index (χ4v) is 3.85. The maximum Gasteiger partial charge on any atom is 0.128 e. The highest BCUT2D eigenvalue weighted by Gasteiger charge is 2.33. The lowest BCUT2D eigenvalue weighted by molar-refractivity contribution is 0.207. The van der Waals surface area contributed by atoms with Gasteiger partial charge in [0.2, 0.25) is 0 Å². The Kier molecular flexibility index (Phi) is 5.50. The summed E-state index contributed by atoms with van der Waals surface area (Å²) >= 11 is 6.28. The lowest BCUT2D eigenvalue weighted by Gasteiger charge is -2.39. The third kappa shape index (κ3) is 3.70. The van der Waals surface area contributed by atoms with Crippen molar-refractivity contribution < 1.29 is 4.74 Å². The highest BCUT2D eigenvalue weighted by atomic mass is 35.5. The molecule has 0 aliphatic heterocycles. The number of aromatic nitrogens is 1. The second-order valence-corrected chi connectivity index (χ2v) is 6.78. The van der Waals surface area contributed by atoms with Gasteiger partial charge in [-0.15, -0.1) is 11.6 Å². The molecule has 118 valence electrons. The van der Waals surface area contributed by atoms with Crippen LogP contribution in [0.15, 0.2) is 6.20 Å². The lowest BCUT2D eigenvalue weighted by Crippen LogP contribution is -2.49. The number of nitrogens with one attached hydrogen (secondary N) is 1. The second kappa shape index (κ2) is 6.97. The Labute approximate surface area is 133 Å². The summed E-state index contributed by atoms with van der Waals surface area (Å²) in [5.74, 6) is 2.35. The summed E-state index contributed by atoms with van der Waals surface area (Å²) in [4.78, 5) is 4.57. The van der Waals surface area contributed by atoms with Crippen LogP contribution >= 0.6 is 11.6 Å². The zero-order valence-corrected chi connectivity index (χ0v) is 14.4. The summed E-state index contributed by atoms with van der Waals surface area (Å²) in [5.41, 5.74) is 3.32. The first-order valence-corrected chi connectivity index (χ1v) is 8.35. The smallest absolute Gasteiger partial charge is 0.128 e. The predicted molar refractivity (Wildman–Crippen MR) is 88.2 cm³/mol. The molecule has 0 aromatic carbocycles. The van der Waals surface area contributed by atoms with Gasteiger partial charge in [-0.25, -0.2) is 0 Å². The monoisotopic (exact) mass is 310 g/mol. The minimum Gasteiger partial charge on any atom is -0.496 e. The number of pyridine rings is 1. The molecule has 1 aliphatic rings. The minimum absolute atomic E-state index is 0.0610. The normalized spacial score (nSPS) is 25.9. The summed E-state index contributed by atoms with van der Waals surface area (Å²) in [6, 6.07) is 0. The summed E-state index contributed by atoms with van der Waals surface area (Å²) in [7, 11) is 1.72. The first-order chi connectivity index (χ1) is 10.0. The molecular formula is C17H27ClN2O. The quantitative estimate of drug-likeness (QED) is 0.835. The Morgan fingerprint density at radius 1 is 1.48 bits per heavy atom. The topological polar surface area (TPSA) is 34.1 Å². The largest absolute Gasteiger partial charge is 0.496 e. The molecule has 1 aromatic rings. The van der Waals surface area contributed by atoms with E-state index in [2.05, 4.69) is 24.1 Å². The average molecular weight is 311 g/mol. The molecule has 2 atom stereocenters. The van der Waals surface area contributed by atoms with Crippen LogP contribution in [-0.2, 0) is 6.54 Å². The van der Waals surface area contributed by atoms with Crippen molar-refractivity contribution in [2.75, 3.05) is 13.0 Å². The number of methoxy groups -OCH3 is 1. The zero-order valence-electron chi connectivity index (χ0n) is 13.6. The maximum atomic E-state index is 6.28. The van der Waals surface area contributed by atoms with Crippen LogP contribution in [-0.4, -0.2) is 23.5 Å². The Balaban J connectivity index is 2.11. The van der Waals surface area contributed by atoms with Crippen LogP contribution in [0.4, 0.5) is 0 Å². The summed E-state index contributed by atoms with van der Waals surface area (Å²) in [6.45, 7) is 7.17. The third-order valence-corrected chi connectivity index (χ3v) is 5.24. The first-order valence-electron chi connectivity index (χ1n) is 7.81. The van der Waals surface area contributed by atoms with Gasteiger partial charge in [-0.3, -0.25) is 4.98 Å². The third-order valence-electron chi connectivity index (χ3n) is 4.73. The van der Waals surface area contributed by atoms with E-state index in [-0.39, 0.29) is 5.54 Å². The van der Waals surface area contributed by atoms with E-state index in [4.69, 9.17) is 16.3 Å². The number of nitrogens with zero attached hydrogens (tertiary/aromatic N) is 1. The predicted octanol–water partition coefficient (Wildman–Crippen LogP) is 3.98. The lowest BCUT2D eigenvalue weighted by atomic mass is 9.77. The van der Waals surface area contributed by atoms with E-state index in [9.17, 15) is 0 Å². The standard InChI is InChI=1S/C17H27ClN2O/c1-12-6-5-7-17(8-12,11-18)20-10-15-14(3)16(21-4)13(2)9-19-15/h9,12,20H,5-8,10-11H2,1-4H3. The zero-order chi connectivity index (χ0) is 15.5. The van der Waals surface area contributed by atoms with E-state index < -0.39 is 0 Å². The average Bonchev–Trinajstić information content (AvgIpc) is 2.47. The number of aryl methyl sites for hydroxylation is 1. The molecule has 2 rings (SSSR count). The molecule has 0 radical (unpaired) electrons. The minimum atomic E-state index is 0.0610. The van der Waals surface area contributed by atoms with Crippen molar-refractivity contribution in [2.24, 2.45) is 5.92 Å². The highest BCUT2D eigenvalue weighted by molar-refractivity contribution is 6.18. The molecule has 0 amide bonds. The van der Waals surface area contributed by atoms with Gasteiger partial charge in [0.1, 0.15) is 5.75 Å². The molecule has 3 nitrogen and oxygen atoms in total. The van der Waals surface area contributed by atoms with E-state index in [1.54, 1.807) is 7.11 Å². The number of hydrogen-bond donors (Lipinski definition) is 1. The van der Waals surface area contributed by atoms with Gasteiger partial charge >= 0.3 is 0 Å². The van der Waals surface area contributed by atoms with Gasteiger partial charge in [-0.05, 0) is 32.6 Å². The molecule has 0 spiro atoms. The molecular weight excluding hydrogens is 284 g/mol. The van der Waals surface area contributed by atoms with Crippen molar-refractivity contribution in [3.8, 4) is 5.75 Å². The Morgan fingerprint density at radius 2 is 2.24 bits per heavy atom. The van der Waals surface area contributed by atoms with Gasteiger partial charge in [0.15, 0.2) is 0 Å². The summed E-state index contributed by atoms with van der Waals surface area (Å²) in [6.07, 6.45) is 6.77. The molecule has 1 aromatic heterocycles. The van der Waals surface area contributed by atoms with Crippen LogP contribution in [0.3, 0.4) is 0 Å². The van der Waals surface area contributed by atoms with Crippen LogP contribution in [0.25, 0.3) is 0 Å². The van der Waals surface area contributed by atoms with Crippen LogP contribution in [0, 0.1) is 19.8 Å². The molecule has 1 fully saturated rings. The summed E-state index contributed by atoms with van der Waals surface area (Å²) in [5, 5.41) is 3.69. The number of rotatable bonds is 5. The number of alkyl halides is 1. The van der Waals surface area contributed by atoms with Gasteiger partial charge < -0.3 is 10.1 Å². The Morgan fingerprint density at radius 3 is 2.86 bits per heavy atom. The SMILES string of the molecule is COc1c(C)cnc(CNC2(CCl)CCCC(C)C2)c1C. The second-order valence-electron chi connectivity index (χ2n) is 6.52. The fraction of sp³-hybridized carbons (Fsp3) is 0.706. The Hall–Kier alpha value is -0.800. The molecule has 2 unspecified atom stereocenters. The van der Waals surface area contributed by atoms with Crippen molar-refractivity contribution in [1.29, 1.82) is 0 Å². The van der Waals surface area contributed by atoms with Gasteiger partial charge in [0.05, 0.1) is 12.8 Å². The molecule has 1 N–H and O–H groups in total.